The summed E-state index contributed by atoms with van der Waals surface area (Å²) in [5.74, 6) is 0.644. The number of aryl methyl sites for hydroxylation is 2. The first-order chi connectivity index (χ1) is 11.6. The van der Waals surface area contributed by atoms with Crippen LogP contribution >= 0.6 is 35.3 Å². The Hall–Kier alpha value is -0.900. The quantitative estimate of drug-likeness (QED) is 0.206. The Kier molecular flexibility index (Phi) is 10.3. The van der Waals surface area contributed by atoms with Gasteiger partial charge in [-0.25, -0.2) is 4.98 Å². The van der Waals surface area contributed by atoms with Crippen molar-refractivity contribution in [2.45, 2.75) is 65.0 Å². The average molecular weight is 480 g/mol. The zero-order chi connectivity index (χ0) is 17.4. The minimum Gasteiger partial charge on any atom is -0.462 e. The Morgan fingerprint density at radius 3 is 2.64 bits per heavy atom. The number of carbonyl (C=O) groups is 1. The summed E-state index contributed by atoms with van der Waals surface area (Å²) in [5, 5.41) is 7.51. The summed E-state index contributed by atoms with van der Waals surface area (Å²) in [6, 6.07) is 0. The van der Waals surface area contributed by atoms with E-state index in [9.17, 15) is 4.79 Å². The lowest BCUT2D eigenvalue weighted by Crippen LogP contribution is -2.37. The van der Waals surface area contributed by atoms with Crippen LogP contribution in [-0.4, -0.2) is 36.6 Å². The number of rotatable bonds is 7. The van der Waals surface area contributed by atoms with Crippen molar-refractivity contribution in [2.75, 3.05) is 13.6 Å². The molecule has 8 heteroatoms. The van der Waals surface area contributed by atoms with Gasteiger partial charge >= 0.3 is 5.97 Å². The second-order valence-electron chi connectivity index (χ2n) is 6.10. The number of guanidine groups is 1. The van der Waals surface area contributed by atoms with Gasteiger partial charge in [-0.05, 0) is 46.0 Å². The van der Waals surface area contributed by atoms with Crippen molar-refractivity contribution >= 4 is 47.2 Å². The van der Waals surface area contributed by atoms with Crippen LogP contribution in [0.4, 0.5) is 0 Å². The highest BCUT2D eigenvalue weighted by Crippen LogP contribution is 2.21. The molecule has 2 rings (SSSR count). The normalized spacial score (nSPS) is 14.9. The van der Waals surface area contributed by atoms with Crippen LogP contribution in [0.15, 0.2) is 4.99 Å². The molecule has 0 bridgehead atoms. The smallest absolute Gasteiger partial charge is 0.306 e. The Morgan fingerprint density at radius 1 is 1.32 bits per heavy atom. The molecule has 25 heavy (non-hydrogen) atoms. The molecule has 142 valence electrons. The van der Waals surface area contributed by atoms with E-state index in [1.165, 1.54) is 17.7 Å². The van der Waals surface area contributed by atoms with E-state index in [-0.39, 0.29) is 36.0 Å². The van der Waals surface area contributed by atoms with E-state index in [2.05, 4.69) is 27.5 Å². The molecule has 0 spiro atoms. The monoisotopic (exact) mass is 480 g/mol. The van der Waals surface area contributed by atoms with Gasteiger partial charge in [-0.3, -0.25) is 9.79 Å². The zero-order valence-corrected chi connectivity index (χ0v) is 18.4. The SMILES string of the molecule is CN=C(NCCCC(=O)OC1CCCC1)NCc1nc(C)c(C)s1.I. The molecule has 0 aliphatic heterocycles. The van der Waals surface area contributed by atoms with Crippen LogP contribution in [0.5, 0.6) is 0 Å². The van der Waals surface area contributed by atoms with Gasteiger partial charge in [-0.15, -0.1) is 35.3 Å². The van der Waals surface area contributed by atoms with E-state index < -0.39 is 0 Å². The van der Waals surface area contributed by atoms with E-state index >= 15 is 0 Å². The van der Waals surface area contributed by atoms with Crippen LogP contribution in [0.1, 0.15) is 54.1 Å². The topological polar surface area (TPSA) is 75.6 Å². The predicted molar refractivity (Wildman–Crippen MR) is 113 cm³/mol. The lowest BCUT2D eigenvalue weighted by Gasteiger charge is -2.12. The van der Waals surface area contributed by atoms with Crippen molar-refractivity contribution < 1.29 is 9.53 Å². The van der Waals surface area contributed by atoms with E-state index in [4.69, 9.17) is 4.74 Å². The highest BCUT2D eigenvalue weighted by atomic mass is 127. The molecule has 1 aliphatic rings. The number of halogens is 1. The molecule has 0 amide bonds. The van der Waals surface area contributed by atoms with Gasteiger partial charge in [0.2, 0.25) is 0 Å². The lowest BCUT2D eigenvalue weighted by atomic mass is 10.3. The Morgan fingerprint density at radius 2 is 2.04 bits per heavy atom. The first-order valence-corrected chi connectivity index (χ1v) is 9.47. The highest BCUT2D eigenvalue weighted by molar-refractivity contribution is 14.0. The first kappa shape index (κ1) is 22.1. The highest BCUT2D eigenvalue weighted by Gasteiger charge is 2.18. The van der Waals surface area contributed by atoms with Gasteiger partial charge in [0.05, 0.1) is 12.2 Å². The minimum atomic E-state index is -0.0830. The molecule has 2 N–H and O–H groups in total. The van der Waals surface area contributed by atoms with Gasteiger partial charge in [-0.1, -0.05) is 0 Å². The Labute approximate surface area is 171 Å². The van der Waals surface area contributed by atoms with E-state index in [0.29, 0.717) is 19.5 Å². The minimum absolute atomic E-state index is 0. The number of carbonyl (C=O) groups excluding carboxylic acids is 1. The van der Waals surface area contributed by atoms with Crippen LogP contribution < -0.4 is 10.6 Å². The second kappa shape index (κ2) is 11.7. The molecule has 0 unspecified atom stereocenters. The van der Waals surface area contributed by atoms with E-state index in [1.54, 1.807) is 18.4 Å². The van der Waals surface area contributed by atoms with Crippen molar-refractivity contribution in [3.8, 4) is 0 Å². The molecule has 1 fully saturated rings. The number of esters is 1. The fraction of sp³-hybridized carbons (Fsp3) is 0.706. The standard InChI is InChI=1S/C17H28N4O2S.HI/c1-12-13(2)24-15(21-12)11-20-17(18-3)19-10-6-9-16(22)23-14-7-4-5-8-14;/h14H,4-11H2,1-3H3,(H2,18,19,20);1H. The molecule has 1 aliphatic carbocycles. The summed E-state index contributed by atoms with van der Waals surface area (Å²) in [7, 11) is 1.74. The van der Waals surface area contributed by atoms with Crippen molar-refractivity contribution in [3.63, 3.8) is 0 Å². The zero-order valence-electron chi connectivity index (χ0n) is 15.3. The number of thiazole rings is 1. The van der Waals surface area contributed by atoms with Gasteiger partial charge in [0, 0.05) is 24.9 Å². The third-order valence-electron chi connectivity index (χ3n) is 4.15. The molecular weight excluding hydrogens is 451 g/mol. The number of nitrogens with one attached hydrogen (secondary N) is 2. The third kappa shape index (κ3) is 7.89. The summed E-state index contributed by atoms with van der Waals surface area (Å²) < 4.78 is 5.44. The fourth-order valence-electron chi connectivity index (χ4n) is 2.69. The molecular formula is C17H29IN4O2S. The summed E-state index contributed by atoms with van der Waals surface area (Å²) in [4.78, 5) is 21.7. The summed E-state index contributed by atoms with van der Waals surface area (Å²) in [5.41, 5.74) is 1.08. The lowest BCUT2D eigenvalue weighted by molar-refractivity contribution is -0.148. The van der Waals surface area contributed by atoms with Crippen molar-refractivity contribution in [2.24, 2.45) is 4.99 Å². The number of aromatic nitrogens is 1. The number of hydrogen-bond acceptors (Lipinski definition) is 5. The van der Waals surface area contributed by atoms with Gasteiger partial charge < -0.3 is 15.4 Å². The van der Waals surface area contributed by atoms with Crippen LogP contribution in [0.25, 0.3) is 0 Å². The maximum Gasteiger partial charge on any atom is 0.306 e. The van der Waals surface area contributed by atoms with Crippen molar-refractivity contribution in [1.82, 2.24) is 15.6 Å². The molecule has 1 saturated carbocycles. The average Bonchev–Trinajstić information content (AvgIpc) is 3.17. The van der Waals surface area contributed by atoms with Gasteiger partial charge in [0.25, 0.3) is 0 Å². The molecule has 0 aromatic carbocycles. The molecule has 0 saturated heterocycles. The van der Waals surface area contributed by atoms with Gasteiger partial charge in [-0.2, -0.15) is 0 Å². The predicted octanol–water partition coefficient (Wildman–Crippen LogP) is 3.31. The third-order valence-corrected chi connectivity index (χ3v) is 5.23. The van der Waals surface area contributed by atoms with Crippen LogP contribution in [0.2, 0.25) is 0 Å². The summed E-state index contributed by atoms with van der Waals surface area (Å²) in [6.07, 6.45) is 5.75. The molecule has 0 radical (unpaired) electrons. The maximum atomic E-state index is 11.8. The number of hydrogen-bond donors (Lipinski definition) is 2. The molecule has 6 nitrogen and oxygen atoms in total. The van der Waals surface area contributed by atoms with Gasteiger partial charge in [0.1, 0.15) is 11.1 Å². The van der Waals surface area contributed by atoms with Crippen LogP contribution in [0.3, 0.4) is 0 Å². The summed E-state index contributed by atoms with van der Waals surface area (Å²) >= 11 is 1.70. The summed E-state index contributed by atoms with van der Waals surface area (Å²) in [6.45, 7) is 5.44. The first-order valence-electron chi connectivity index (χ1n) is 8.65. The molecule has 1 aromatic rings. The Balaban J connectivity index is 0.00000312. The van der Waals surface area contributed by atoms with Crippen molar-refractivity contribution in [1.29, 1.82) is 0 Å². The van der Waals surface area contributed by atoms with Crippen LogP contribution in [0, 0.1) is 13.8 Å². The fourth-order valence-corrected chi connectivity index (χ4v) is 3.56. The molecule has 0 atom stereocenters. The molecule has 1 aromatic heterocycles. The molecule has 1 heterocycles. The van der Waals surface area contributed by atoms with E-state index in [0.717, 1.165) is 35.9 Å². The second-order valence-corrected chi connectivity index (χ2v) is 7.39. The van der Waals surface area contributed by atoms with Crippen LogP contribution in [-0.2, 0) is 16.1 Å². The maximum absolute atomic E-state index is 11.8. The number of nitrogens with zero attached hydrogens (tertiary/aromatic N) is 2. The number of aliphatic imine (C=N–C) groups is 1. The Bertz CT molecular complexity index is 551. The largest absolute Gasteiger partial charge is 0.462 e. The van der Waals surface area contributed by atoms with E-state index in [1.807, 2.05) is 6.92 Å². The number of ether oxygens (including phenoxy) is 1. The van der Waals surface area contributed by atoms with Crippen molar-refractivity contribution in [3.05, 3.63) is 15.6 Å². The van der Waals surface area contributed by atoms with Gasteiger partial charge in [0.15, 0.2) is 5.96 Å².